The number of carbonyl (C=O) groups is 3. The van der Waals surface area contributed by atoms with Gasteiger partial charge < -0.3 is 19.5 Å². The number of carbonyl (C=O) groups excluding carboxylic acids is 3. The van der Waals surface area contributed by atoms with Gasteiger partial charge in [0, 0.05) is 6.54 Å². The summed E-state index contributed by atoms with van der Waals surface area (Å²) >= 11 is 0. The Kier molecular flexibility index (Phi) is 5.40. The molecule has 0 fully saturated rings. The van der Waals surface area contributed by atoms with Gasteiger partial charge >= 0.3 is 12.0 Å². The number of ether oxygens (including phenoxy) is 3. The Morgan fingerprint density at radius 2 is 2.00 bits per heavy atom. The van der Waals surface area contributed by atoms with E-state index in [2.05, 4.69) is 10.6 Å². The van der Waals surface area contributed by atoms with Crippen LogP contribution in [-0.2, 0) is 14.3 Å². The smallest absolute Gasteiger partial charge is 0.351 e. The van der Waals surface area contributed by atoms with Crippen molar-refractivity contribution in [1.29, 1.82) is 0 Å². The Balaban J connectivity index is 1.87. The van der Waals surface area contributed by atoms with E-state index in [9.17, 15) is 14.4 Å². The molecule has 2 N–H and O–H groups in total. The van der Waals surface area contributed by atoms with Crippen LogP contribution < -0.4 is 20.1 Å². The van der Waals surface area contributed by atoms with Crippen molar-refractivity contribution in [3.8, 4) is 11.5 Å². The van der Waals surface area contributed by atoms with Gasteiger partial charge in [-0.15, -0.1) is 0 Å². The van der Waals surface area contributed by atoms with Crippen molar-refractivity contribution >= 4 is 17.9 Å². The molecular weight excluding hydrogens is 304 g/mol. The summed E-state index contributed by atoms with van der Waals surface area (Å²) in [6.07, 6.45) is -2.10. The van der Waals surface area contributed by atoms with E-state index in [1.165, 1.54) is 6.92 Å². The van der Waals surface area contributed by atoms with E-state index in [1.807, 2.05) is 0 Å². The first-order chi connectivity index (χ1) is 11.0. The highest BCUT2D eigenvalue weighted by Crippen LogP contribution is 2.31. The second-order valence-electron chi connectivity index (χ2n) is 4.79. The summed E-state index contributed by atoms with van der Waals surface area (Å²) in [6.45, 7) is 3.44. The van der Waals surface area contributed by atoms with Crippen LogP contribution in [0.4, 0.5) is 4.79 Å². The van der Waals surface area contributed by atoms with Crippen molar-refractivity contribution in [2.75, 3.05) is 13.2 Å². The highest BCUT2D eigenvalue weighted by molar-refractivity contribution is 5.97. The van der Waals surface area contributed by atoms with Gasteiger partial charge in [-0.05, 0) is 26.0 Å². The topological polar surface area (TPSA) is 103 Å². The van der Waals surface area contributed by atoms with Crippen LogP contribution in [-0.4, -0.2) is 43.3 Å². The molecule has 2 rings (SSSR count). The van der Waals surface area contributed by atoms with E-state index in [4.69, 9.17) is 14.2 Å². The zero-order valence-electron chi connectivity index (χ0n) is 12.8. The highest BCUT2D eigenvalue weighted by atomic mass is 16.6. The normalized spacial score (nSPS) is 16.9. The second kappa shape index (κ2) is 7.48. The Labute approximate surface area is 133 Å². The molecule has 8 nitrogen and oxygen atoms in total. The fourth-order valence-electron chi connectivity index (χ4n) is 1.86. The average molecular weight is 322 g/mol. The molecule has 2 atom stereocenters. The van der Waals surface area contributed by atoms with Gasteiger partial charge in [-0.25, -0.2) is 9.59 Å². The minimum atomic E-state index is -1.13. The lowest BCUT2D eigenvalue weighted by molar-refractivity contribution is -0.163. The largest absolute Gasteiger partial charge is 0.485 e. The fourth-order valence-corrected chi connectivity index (χ4v) is 1.86. The number of fused-ring (bicyclic) bond motifs is 1. The maximum Gasteiger partial charge on any atom is 0.351 e. The highest BCUT2D eigenvalue weighted by Gasteiger charge is 2.31. The minimum Gasteiger partial charge on any atom is -0.485 e. The van der Waals surface area contributed by atoms with Gasteiger partial charge in [0.25, 0.3) is 5.91 Å². The molecule has 0 bridgehead atoms. The van der Waals surface area contributed by atoms with Gasteiger partial charge in [0.05, 0.1) is 0 Å². The maximum absolute atomic E-state index is 12.0. The molecular formula is C15H18N2O6. The molecule has 0 saturated carbocycles. The van der Waals surface area contributed by atoms with E-state index in [-0.39, 0.29) is 6.61 Å². The number of esters is 1. The predicted molar refractivity (Wildman–Crippen MR) is 79.1 cm³/mol. The minimum absolute atomic E-state index is 0.0134. The first-order valence-electron chi connectivity index (χ1n) is 7.19. The van der Waals surface area contributed by atoms with Crippen LogP contribution in [0.15, 0.2) is 24.3 Å². The summed E-state index contributed by atoms with van der Waals surface area (Å²) in [5.41, 5.74) is 0. The summed E-state index contributed by atoms with van der Waals surface area (Å²) in [5, 5.41) is 4.47. The molecule has 1 heterocycles. The molecule has 124 valence electrons. The van der Waals surface area contributed by atoms with Crippen LogP contribution >= 0.6 is 0 Å². The lowest BCUT2D eigenvalue weighted by atomic mass is 10.2. The molecule has 1 aliphatic rings. The number of imide groups is 1. The zero-order valence-corrected chi connectivity index (χ0v) is 12.8. The molecule has 0 radical (unpaired) electrons. The lowest BCUT2D eigenvalue weighted by Crippen LogP contribution is -2.46. The molecule has 23 heavy (non-hydrogen) atoms. The summed E-state index contributed by atoms with van der Waals surface area (Å²) < 4.78 is 15.9. The first-order valence-corrected chi connectivity index (χ1v) is 7.19. The van der Waals surface area contributed by atoms with Gasteiger partial charge in [-0.2, -0.15) is 0 Å². The third kappa shape index (κ3) is 4.35. The monoisotopic (exact) mass is 322 g/mol. The lowest BCUT2D eigenvalue weighted by Gasteiger charge is -2.25. The summed E-state index contributed by atoms with van der Waals surface area (Å²) in [4.78, 5) is 35.0. The molecule has 1 aromatic rings. The number of hydrogen-bond donors (Lipinski definition) is 2. The van der Waals surface area contributed by atoms with E-state index in [0.717, 1.165) is 0 Å². The number of amides is 3. The molecule has 3 amide bonds. The number of benzene rings is 1. The van der Waals surface area contributed by atoms with Crippen molar-refractivity contribution in [3.05, 3.63) is 24.3 Å². The van der Waals surface area contributed by atoms with Gasteiger partial charge in [0.2, 0.25) is 6.10 Å². The van der Waals surface area contributed by atoms with E-state index >= 15 is 0 Å². The van der Waals surface area contributed by atoms with Crippen LogP contribution in [0.2, 0.25) is 0 Å². The Hall–Kier alpha value is -2.77. The van der Waals surface area contributed by atoms with Crippen LogP contribution in [0.3, 0.4) is 0 Å². The third-order valence-electron chi connectivity index (χ3n) is 3.01. The number of rotatable bonds is 4. The standard InChI is InChI=1S/C15H18N2O6/c1-3-16-15(20)17-13(18)9(2)22-14(19)12-8-21-10-6-4-5-7-11(10)23-12/h4-7,9,12H,3,8H2,1-2H3,(H2,16,17,18,20)/t9-,12+/m1/s1. The molecule has 0 unspecified atom stereocenters. The Bertz CT molecular complexity index is 603. The number of nitrogens with one attached hydrogen (secondary N) is 2. The van der Waals surface area contributed by atoms with Crippen LogP contribution in [0.1, 0.15) is 13.8 Å². The average Bonchev–Trinajstić information content (AvgIpc) is 2.54. The van der Waals surface area contributed by atoms with Gasteiger partial charge in [-0.3, -0.25) is 10.1 Å². The summed E-state index contributed by atoms with van der Waals surface area (Å²) in [6, 6.07) is 6.28. The molecule has 1 aromatic carbocycles. The van der Waals surface area contributed by atoms with Crippen molar-refractivity contribution in [3.63, 3.8) is 0 Å². The van der Waals surface area contributed by atoms with Gasteiger partial charge in [0.15, 0.2) is 17.6 Å². The maximum atomic E-state index is 12.0. The van der Waals surface area contributed by atoms with Crippen LogP contribution in [0.25, 0.3) is 0 Å². The van der Waals surface area contributed by atoms with Crippen molar-refractivity contribution < 1.29 is 28.6 Å². The molecule has 0 aromatic heterocycles. The van der Waals surface area contributed by atoms with Crippen LogP contribution in [0, 0.1) is 0 Å². The van der Waals surface area contributed by atoms with Crippen molar-refractivity contribution in [1.82, 2.24) is 10.6 Å². The van der Waals surface area contributed by atoms with Gasteiger partial charge in [-0.1, -0.05) is 12.1 Å². The molecule has 0 spiro atoms. The van der Waals surface area contributed by atoms with Crippen LogP contribution in [0.5, 0.6) is 11.5 Å². The molecule has 0 aliphatic carbocycles. The van der Waals surface area contributed by atoms with Crippen molar-refractivity contribution in [2.24, 2.45) is 0 Å². The van der Waals surface area contributed by atoms with E-state index in [1.54, 1.807) is 31.2 Å². The second-order valence-corrected chi connectivity index (χ2v) is 4.79. The number of para-hydroxylation sites is 2. The van der Waals surface area contributed by atoms with Gasteiger partial charge in [0.1, 0.15) is 6.61 Å². The third-order valence-corrected chi connectivity index (χ3v) is 3.01. The van der Waals surface area contributed by atoms with E-state index < -0.39 is 30.1 Å². The number of hydrogen-bond acceptors (Lipinski definition) is 6. The molecule has 1 aliphatic heterocycles. The molecule has 0 saturated heterocycles. The fraction of sp³-hybridized carbons (Fsp3) is 0.400. The summed E-state index contributed by atoms with van der Waals surface area (Å²) in [7, 11) is 0. The summed E-state index contributed by atoms with van der Waals surface area (Å²) in [5.74, 6) is -0.488. The predicted octanol–water partition coefficient (Wildman–Crippen LogP) is 0.604. The Morgan fingerprint density at radius 1 is 1.30 bits per heavy atom. The Morgan fingerprint density at radius 3 is 2.70 bits per heavy atom. The zero-order chi connectivity index (χ0) is 16.8. The first kappa shape index (κ1) is 16.6. The number of urea groups is 1. The quantitative estimate of drug-likeness (QED) is 0.787. The molecule has 8 heteroatoms. The SMILES string of the molecule is CCNC(=O)NC(=O)[C@@H](C)OC(=O)[C@@H]1COc2ccccc2O1. The van der Waals surface area contributed by atoms with E-state index in [0.29, 0.717) is 18.0 Å². The van der Waals surface area contributed by atoms with Crippen molar-refractivity contribution in [2.45, 2.75) is 26.1 Å².